The van der Waals surface area contributed by atoms with Crippen molar-refractivity contribution in [1.82, 2.24) is 4.57 Å². The molecule has 0 fully saturated rings. The van der Waals surface area contributed by atoms with Crippen molar-refractivity contribution in [2.24, 2.45) is 0 Å². The first-order valence-electron chi connectivity index (χ1n) is 13.4. The SMILES string of the molecule is C=Cc1ccc(-n2c3ccc(CCCCCCCC)cc3c3cc4c(cc32)oc2ccccc24)cc1. The molecule has 0 aliphatic carbocycles. The van der Waals surface area contributed by atoms with Gasteiger partial charge in [-0.05, 0) is 60.4 Å². The zero-order valence-electron chi connectivity index (χ0n) is 21.1. The van der Waals surface area contributed by atoms with Gasteiger partial charge in [0.1, 0.15) is 11.2 Å². The minimum Gasteiger partial charge on any atom is -0.456 e. The summed E-state index contributed by atoms with van der Waals surface area (Å²) in [6, 6.07) is 28.6. The van der Waals surface area contributed by atoms with E-state index in [2.05, 4.69) is 90.9 Å². The molecule has 2 nitrogen and oxygen atoms in total. The lowest BCUT2D eigenvalue weighted by atomic mass is 10.0. The Morgan fingerprint density at radius 2 is 1.47 bits per heavy atom. The molecule has 0 aliphatic rings. The number of hydrogen-bond donors (Lipinski definition) is 0. The average Bonchev–Trinajstić information content (AvgIpc) is 3.44. The second kappa shape index (κ2) is 9.70. The van der Waals surface area contributed by atoms with Crippen LogP contribution in [0.25, 0.3) is 55.5 Å². The molecule has 2 heterocycles. The number of furan rings is 1. The smallest absolute Gasteiger partial charge is 0.137 e. The fourth-order valence-electron chi connectivity index (χ4n) is 5.59. The van der Waals surface area contributed by atoms with Crippen LogP contribution in [-0.4, -0.2) is 4.57 Å². The van der Waals surface area contributed by atoms with Gasteiger partial charge in [0.2, 0.25) is 0 Å². The van der Waals surface area contributed by atoms with E-state index in [-0.39, 0.29) is 0 Å². The lowest BCUT2D eigenvalue weighted by Crippen LogP contribution is -1.94. The molecular formula is C34H33NO. The molecule has 6 aromatic rings. The Labute approximate surface area is 212 Å². The van der Waals surface area contributed by atoms with Gasteiger partial charge in [0.05, 0.1) is 11.0 Å². The van der Waals surface area contributed by atoms with Crippen LogP contribution < -0.4 is 0 Å². The van der Waals surface area contributed by atoms with Crippen molar-refractivity contribution in [2.45, 2.75) is 51.9 Å². The van der Waals surface area contributed by atoms with E-state index in [0.717, 1.165) is 28.8 Å². The van der Waals surface area contributed by atoms with E-state index in [4.69, 9.17) is 4.42 Å². The summed E-state index contributed by atoms with van der Waals surface area (Å²) in [7, 11) is 0. The third kappa shape index (κ3) is 4.01. The number of aryl methyl sites for hydroxylation is 1. The average molecular weight is 472 g/mol. The normalized spacial score (nSPS) is 11.8. The summed E-state index contributed by atoms with van der Waals surface area (Å²) in [5.74, 6) is 0. The lowest BCUT2D eigenvalue weighted by Gasteiger charge is -2.09. The molecule has 0 atom stereocenters. The topological polar surface area (TPSA) is 18.1 Å². The van der Waals surface area contributed by atoms with Gasteiger partial charge >= 0.3 is 0 Å². The number of unbranched alkanes of at least 4 members (excludes halogenated alkanes) is 5. The Kier molecular flexibility index (Phi) is 6.11. The van der Waals surface area contributed by atoms with E-state index in [1.807, 2.05) is 12.1 Å². The van der Waals surface area contributed by atoms with E-state index in [0.29, 0.717) is 0 Å². The van der Waals surface area contributed by atoms with Crippen LogP contribution in [0.15, 0.2) is 89.9 Å². The fourth-order valence-corrected chi connectivity index (χ4v) is 5.59. The Bertz CT molecular complexity index is 1680. The summed E-state index contributed by atoms with van der Waals surface area (Å²) >= 11 is 0. The molecule has 180 valence electrons. The standard InChI is InChI=1S/C34H33NO/c1-3-5-6-7-8-9-12-25-17-20-31-28(21-25)29-22-30-27-13-10-11-14-33(27)36-34(30)23-32(29)35(31)26-18-15-24(4-2)16-19-26/h4,10-11,13-23H,2-3,5-9,12H2,1H3. The highest BCUT2D eigenvalue weighted by atomic mass is 16.3. The quantitative estimate of drug-likeness (QED) is 0.192. The molecule has 0 radical (unpaired) electrons. The third-order valence-corrected chi connectivity index (χ3v) is 7.53. The van der Waals surface area contributed by atoms with Crippen LogP contribution in [0.2, 0.25) is 0 Å². The van der Waals surface area contributed by atoms with Gasteiger partial charge < -0.3 is 8.98 Å². The number of hydrogen-bond acceptors (Lipinski definition) is 1. The maximum Gasteiger partial charge on any atom is 0.137 e. The number of benzene rings is 4. The maximum absolute atomic E-state index is 6.27. The second-order valence-electron chi connectivity index (χ2n) is 9.96. The van der Waals surface area contributed by atoms with Gasteiger partial charge in [-0.15, -0.1) is 0 Å². The van der Waals surface area contributed by atoms with Crippen LogP contribution in [0.4, 0.5) is 0 Å². The van der Waals surface area contributed by atoms with Crippen LogP contribution >= 0.6 is 0 Å². The number of fused-ring (bicyclic) bond motifs is 6. The molecule has 2 aromatic heterocycles. The summed E-state index contributed by atoms with van der Waals surface area (Å²) in [6.45, 7) is 6.19. The minimum absolute atomic E-state index is 0.933. The van der Waals surface area contributed by atoms with E-state index in [9.17, 15) is 0 Å². The largest absolute Gasteiger partial charge is 0.456 e. The van der Waals surface area contributed by atoms with E-state index in [1.54, 1.807) is 0 Å². The Balaban J connectivity index is 1.50. The Hall–Kier alpha value is -3.78. The van der Waals surface area contributed by atoms with Crippen molar-refractivity contribution in [1.29, 1.82) is 0 Å². The van der Waals surface area contributed by atoms with E-state index >= 15 is 0 Å². The molecule has 0 N–H and O–H groups in total. The molecule has 4 aromatic carbocycles. The highest BCUT2D eigenvalue weighted by Gasteiger charge is 2.16. The van der Waals surface area contributed by atoms with Crippen LogP contribution in [0.5, 0.6) is 0 Å². The first kappa shape index (κ1) is 22.7. The van der Waals surface area contributed by atoms with Crippen LogP contribution in [0.1, 0.15) is 56.6 Å². The van der Waals surface area contributed by atoms with Gasteiger partial charge in [0, 0.05) is 33.3 Å². The molecular weight excluding hydrogens is 438 g/mol. The summed E-state index contributed by atoms with van der Waals surface area (Å²) < 4.78 is 8.65. The summed E-state index contributed by atoms with van der Waals surface area (Å²) in [4.78, 5) is 0. The molecule has 0 saturated heterocycles. The van der Waals surface area contributed by atoms with Crippen molar-refractivity contribution in [3.8, 4) is 5.69 Å². The molecule has 0 amide bonds. The van der Waals surface area contributed by atoms with Gasteiger partial charge in [-0.25, -0.2) is 0 Å². The number of rotatable bonds is 9. The van der Waals surface area contributed by atoms with Crippen LogP contribution in [0.3, 0.4) is 0 Å². The molecule has 36 heavy (non-hydrogen) atoms. The summed E-state index contributed by atoms with van der Waals surface area (Å²) in [6.07, 6.45) is 11.0. The van der Waals surface area contributed by atoms with E-state index < -0.39 is 0 Å². The van der Waals surface area contributed by atoms with Crippen molar-refractivity contribution < 1.29 is 4.42 Å². The molecule has 6 rings (SSSR count). The predicted octanol–water partition coefficient (Wildman–Crippen LogP) is 10.2. The molecule has 0 aliphatic heterocycles. The third-order valence-electron chi connectivity index (χ3n) is 7.53. The molecule has 0 bridgehead atoms. The highest BCUT2D eigenvalue weighted by molar-refractivity contribution is 6.17. The maximum atomic E-state index is 6.27. The van der Waals surface area contributed by atoms with Crippen molar-refractivity contribution in [3.05, 3.63) is 96.6 Å². The summed E-state index contributed by atoms with van der Waals surface area (Å²) in [5.41, 5.74) is 7.99. The van der Waals surface area contributed by atoms with Crippen LogP contribution in [-0.2, 0) is 6.42 Å². The van der Waals surface area contributed by atoms with Crippen molar-refractivity contribution in [2.75, 3.05) is 0 Å². The molecule has 0 unspecified atom stereocenters. The molecule has 0 spiro atoms. The first-order valence-corrected chi connectivity index (χ1v) is 13.4. The fraction of sp³-hybridized carbons (Fsp3) is 0.235. The lowest BCUT2D eigenvalue weighted by molar-refractivity contribution is 0.607. The van der Waals surface area contributed by atoms with Gasteiger partial charge in [-0.1, -0.05) is 88.1 Å². The monoisotopic (exact) mass is 471 g/mol. The predicted molar refractivity (Wildman–Crippen MR) is 155 cm³/mol. The zero-order chi connectivity index (χ0) is 24.5. The molecule has 0 saturated carbocycles. The van der Waals surface area contributed by atoms with Gasteiger partial charge in [0.25, 0.3) is 0 Å². The van der Waals surface area contributed by atoms with Crippen molar-refractivity contribution >= 4 is 49.8 Å². The van der Waals surface area contributed by atoms with Crippen LogP contribution in [0, 0.1) is 0 Å². The number of aromatic nitrogens is 1. The molecule has 2 heteroatoms. The van der Waals surface area contributed by atoms with Gasteiger partial charge in [0.15, 0.2) is 0 Å². The second-order valence-corrected chi connectivity index (χ2v) is 9.96. The Morgan fingerprint density at radius 1 is 0.694 bits per heavy atom. The Morgan fingerprint density at radius 3 is 2.31 bits per heavy atom. The number of para-hydroxylation sites is 1. The highest BCUT2D eigenvalue weighted by Crippen LogP contribution is 2.38. The minimum atomic E-state index is 0.933. The van der Waals surface area contributed by atoms with E-state index in [1.165, 1.54) is 76.7 Å². The number of nitrogens with zero attached hydrogens (tertiary/aromatic N) is 1. The van der Waals surface area contributed by atoms with Crippen molar-refractivity contribution in [3.63, 3.8) is 0 Å². The summed E-state index contributed by atoms with van der Waals surface area (Å²) in [5, 5.41) is 4.95. The van der Waals surface area contributed by atoms with Gasteiger partial charge in [-0.2, -0.15) is 0 Å². The zero-order valence-corrected chi connectivity index (χ0v) is 21.1. The first-order chi connectivity index (χ1) is 17.8. The van der Waals surface area contributed by atoms with Gasteiger partial charge in [-0.3, -0.25) is 0 Å².